The minimum Gasteiger partial charge on any atom is -0.465 e. The first-order valence-electron chi connectivity index (χ1n) is 6.17. The largest absolute Gasteiger partial charge is 0.465 e. The van der Waals surface area contributed by atoms with Crippen molar-refractivity contribution in [1.29, 1.82) is 0 Å². The van der Waals surface area contributed by atoms with Crippen LogP contribution in [0.2, 0.25) is 0 Å². The summed E-state index contributed by atoms with van der Waals surface area (Å²) in [6.07, 6.45) is 0. The van der Waals surface area contributed by atoms with Gasteiger partial charge in [0.2, 0.25) is 0 Å². The summed E-state index contributed by atoms with van der Waals surface area (Å²) in [4.78, 5) is 22.0. The number of methoxy groups -OCH3 is 2. The lowest BCUT2D eigenvalue weighted by atomic mass is 10.2. The van der Waals surface area contributed by atoms with Crippen molar-refractivity contribution in [3.63, 3.8) is 0 Å². The predicted octanol–water partition coefficient (Wildman–Crippen LogP) is 4.31. The van der Waals surface area contributed by atoms with Crippen molar-refractivity contribution in [2.75, 3.05) is 14.2 Å². The van der Waals surface area contributed by atoms with Gasteiger partial charge in [-0.3, -0.25) is 0 Å². The van der Waals surface area contributed by atoms with E-state index in [4.69, 9.17) is 0 Å². The third-order valence-corrected chi connectivity index (χ3v) is 4.19. The van der Waals surface area contributed by atoms with E-state index in [0.717, 1.165) is 8.04 Å². The van der Waals surface area contributed by atoms with E-state index in [2.05, 4.69) is 48.0 Å². The SMILES string of the molecule is COC(=O)c1ccccc1Br.COC(=O)c1ccccc1I. The summed E-state index contributed by atoms with van der Waals surface area (Å²) in [5, 5.41) is 0. The van der Waals surface area contributed by atoms with Crippen molar-refractivity contribution in [2.45, 2.75) is 0 Å². The predicted molar refractivity (Wildman–Crippen MR) is 96.0 cm³/mol. The molecular formula is C16H14BrIO4. The van der Waals surface area contributed by atoms with E-state index < -0.39 is 0 Å². The molecule has 116 valence electrons. The van der Waals surface area contributed by atoms with Crippen LogP contribution in [-0.2, 0) is 9.47 Å². The molecule has 0 unspecified atom stereocenters. The first kappa shape index (κ1) is 18.6. The Kier molecular flexibility index (Phi) is 8.11. The Labute approximate surface area is 151 Å². The molecule has 22 heavy (non-hydrogen) atoms. The maximum atomic E-state index is 11.0. The summed E-state index contributed by atoms with van der Waals surface area (Å²) < 4.78 is 10.8. The number of carbonyl (C=O) groups is 2. The highest BCUT2D eigenvalue weighted by Crippen LogP contribution is 2.16. The number of carbonyl (C=O) groups excluding carboxylic acids is 2. The lowest BCUT2D eigenvalue weighted by Crippen LogP contribution is -2.02. The van der Waals surface area contributed by atoms with Gasteiger partial charge in [0.25, 0.3) is 0 Å². The Balaban J connectivity index is 0.000000220. The lowest BCUT2D eigenvalue weighted by molar-refractivity contribution is 0.0590. The Bertz CT molecular complexity index is 601. The highest BCUT2D eigenvalue weighted by Gasteiger charge is 2.08. The number of rotatable bonds is 2. The number of halogens is 2. The second-order valence-electron chi connectivity index (χ2n) is 3.94. The molecule has 0 atom stereocenters. The van der Waals surface area contributed by atoms with E-state index >= 15 is 0 Å². The van der Waals surface area contributed by atoms with Crippen molar-refractivity contribution >= 4 is 50.5 Å². The molecule has 2 rings (SSSR count). The monoisotopic (exact) mass is 476 g/mol. The molecule has 2 aromatic rings. The number of benzene rings is 2. The van der Waals surface area contributed by atoms with Gasteiger partial charge in [-0.2, -0.15) is 0 Å². The molecule has 0 fully saturated rings. The van der Waals surface area contributed by atoms with Crippen molar-refractivity contribution in [3.05, 3.63) is 67.7 Å². The third kappa shape index (κ3) is 5.42. The molecule has 0 radical (unpaired) electrons. The van der Waals surface area contributed by atoms with Crippen LogP contribution in [0.4, 0.5) is 0 Å². The van der Waals surface area contributed by atoms with Gasteiger partial charge in [-0.05, 0) is 62.8 Å². The minimum atomic E-state index is -0.322. The van der Waals surface area contributed by atoms with Crippen LogP contribution in [0.15, 0.2) is 53.0 Å². The molecule has 4 nitrogen and oxygen atoms in total. The van der Waals surface area contributed by atoms with Crippen LogP contribution >= 0.6 is 38.5 Å². The summed E-state index contributed by atoms with van der Waals surface area (Å²) in [5.41, 5.74) is 1.17. The van der Waals surface area contributed by atoms with E-state index in [9.17, 15) is 9.59 Å². The summed E-state index contributed by atoms with van der Waals surface area (Å²) in [6.45, 7) is 0. The Morgan fingerprint density at radius 1 is 0.864 bits per heavy atom. The van der Waals surface area contributed by atoms with Crippen LogP contribution in [0.1, 0.15) is 20.7 Å². The van der Waals surface area contributed by atoms with Crippen LogP contribution < -0.4 is 0 Å². The van der Waals surface area contributed by atoms with E-state index in [1.807, 2.05) is 24.3 Å². The van der Waals surface area contributed by atoms with Crippen LogP contribution in [0.3, 0.4) is 0 Å². The van der Waals surface area contributed by atoms with Gasteiger partial charge in [0.1, 0.15) is 0 Å². The molecule has 0 aliphatic carbocycles. The Hall–Kier alpha value is -1.41. The van der Waals surface area contributed by atoms with E-state index in [-0.39, 0.29) is 11.9 Å². The van der Waals surface area contributed by atoms with Gasteiger partial charge in [0.15, 0.2) is 0 Å². The Morgan fingerprint density at radius 2 is 1.32 bits per heavy atom. The fraction of sp³-hybridized carbons (Fsp3) is 0.125. The zero-order chi connectivity index (χ0) is 16.5. The highest BCUT2D eigenvalue weighted by atomic mass is 127. The topological polar surface area (TPSA) is 52.6 Å². The molecular weight excluding hydrogens is 463 g/mol. The van der Waals surface area contributed by atoms with Crippen molar-refractivity contribution < 1.29 is 19.1 Å². The number of esters is 2. The number of hydrogen-bond donors (Lipinski definition) is 0. The van der Waals surface area contributed by atoms with Crippen LogP contribution in [0.5, 0.6) is 0 Å². The highest BCUT2D eigenvalue weighted by molar-refractivity contribution is 14.1. The third-order valence-electron chi connectivity index (χ3n) is 2.56. The average molecular weight is 477 g/mol. The zero-order valence-corrected chi connectivity index (χ0v) is 15.8. The number of ether oxygens (including phenoxy) is 2. The standard InChI is InChI=1S/C8H7BrO2.C8H7IO2/c2*1-11-8(10)6-4-2-3-5-7(6)9/h2*2-5H,1H3. The summed E-state index contributed by atoms with van der Waals surface area (Å²) in [5.74, 6) is -0.604. The van der Waals surface area contributed by atoms with Gasteiger partial charge in [0.05, 0.1) is 25.3 Å². The summed E-state index contributed by atoms with van der Waals surface area (Å²) in [7, 11) is 2.74. The minimum absolute atomic E-state index is 0.282. The van der Waals surface area contributed by atoms with Crippen LogP contribution in [-0.4, -0.2) is 26.2 Å². The van der Waals surface area contributed by atoms with Crippen molar-refractivity contribution in [1.82, 2.24) is 0 Å². The average Bonchev–Trinajstić information content (AvgIpc) is 2.55. The van der Waals surface area contributed by atoms with Gasteiger partial charge in [-0.25, -0.2) is 9.59 Å². The smallest absolute Gasteiger partial charge is 0.338 e. The second-order valence-corrected chi connectivity index (χ2v) is 5.96. The van der Waals surface area contributed by atoms with Crippen molar-refractivity contribution in [2.24, 2.45) is 0 Å². The van der Waals surface area contributed by atoms with Crippen LogP contribution in [0.25, 0.3) is 0 Å². The van der Waals surface area contributed by atoms with E-state index in [1.165, 1.54) is 14.2 Å². The van der Waals surface area contributed by atoms with Gasteiger partial charge in [-0.1, -0.05) is 24.3 Å². The fourth-order valence-electron chi connectivity index (χ4n) is 1.47. The molecule has 0 aliphatic rings. The molecule has 0 spiro atoms. The molecule has 2 aromatic carbocycles. The molecule has 0 saturated carbocycles. The lowest BCUT2D eigenvalue weighted by Gasteiger charge is -1.99. The van der Waals surface area contributed by atoms with Gasteiger partial charge in [0, 0.05) is 8.04 Å². The van der Waals surface area contributed by atoms with Gasteiger partial charge >= 0.3 is 11.9 Å². The first-order valence-corrected chi connectivity index (χ1v) is 8.04. The maximum Gasteiger partial charge on any atom is 0.338 e. The number of hydrogen-bond acceptors (Lipinski definition) is 4. The first-order chi connectivity index (χ1) is 10.5. The zero-order valence-electron chi connectivity index (χ0n) is 12.0. The van der Waals surface area contributed by atoms with Crippen LogP contribution in [0, 0.1) is 3.57 Å². The molecule has 0 bridgehead atoms. The molecule has 0 N–H and O–H groups in total. The Morgan fingerprint density at radius 3 is 1.82 bits per heavy atom. The van der Waals surface area contributed by atoms with Gasteiger partial charge < -0.3 is 9.47 Å². The fourth-order valence-corrected chi connectivity index (χ4v) is 2.53. The van der Waals surface area contributed by atoms with E-state index in [0.29, 0.717) is 11.1 Å². The molecule has 0 amide bonds. The quantitative estimate of drug-likeness (QED) is 0.478. The van der Waals surface area contributed by atoms with Gasteiger partial charge in [-0.15, -0.1) is 0 Å². The molecule has 0 saturated heterocycles. The molecule has 0 aliphatic heterocycles. The molecule has 0 heterocycles. The maximum absolute atomic E-state index is 11.0. The normalized spacial score (nSPS) is 9.27. The van der Waals surface area contributed by atoms with Crippen molar-refractivity contribution in [3.8, 4) is 0 Å². The molecule has 0 aromatic heterocycles. The summed E-state index contributed by atoms with van der Waals surface area (Å²) >= 11 is 5.33. The van der Waals surface area contributed by atoms with E-state index in [1.54, 1.807) is 24.3 Å². The molecule has 6 heteroatoms. The second kappa shape index (κ2) is 9.58. The summed E-state index contributed by atoms with van der Waals surface area (Å²) in [6, 6.07) is 14.4.